The number of carbonyl (C=O) groups is 3. The van der Waals surface area contributed by atoms with Gasteiger partial charge in [-0.1, -0.05) is 0 Å². The minimum Gasteiger partial charge on any atom is -0.497 e. The van der Waals surface area contributed by atoms with Gasteiger partial charge in [0.15, 0.2) is 21.9 Å². The van der Waals surface area contributed by atoms with Crippen LogP contribution in [0.25, 0.3) is 11.0 Å². The summed E-state index contributed by atoms with van der Waals surface area (Å²) in [4.78, 5) is 47.5. The molecule has 32 heavy (non-hydrogen) atoms. The van der Waals surface area contributed by atoms with Crippen LogP contribution >= 0.6 is 12.2 Å². The molecular formula is C23H16N4O4S. The summed E-state index contributed by atoms with van der Waals surface area (Å²) in [5, 5.41) is 2.90. The summed E-state index contributed by atoms with van der Waals surface area (Å²) in [7, 11) is 1.54. The van der Waals surface area contributed by atoms with Gasteiger partial charge < -0.3 is 24.9 Å². The molecule has 0 fully saturated rings. The molecule has 0 bridgehead atoms. The molecule has 3 aromatic rings. The number of imidazole rings is 1. The van der Waals surface area contributed by atoms with Gasteiger partial charge >= 0.3 is 0 Å². The highest BCUT2D eigenvalue weighted by molar-refractivity contribution is 7.71. The van der Waals surface area contributed by atoms with Gasteiger partial charge in [-0.3, -0.25) is 14.4 Å². The molecule has 1 spiro atoms. The number of methoxy groups -OCH3 is 1. The minimum absolute atomic E-state index is 0.116. The maximum Gasteiger partial charge on any atom is 0.259 e. The topological polar surface area (TPSA) is 107 Å². The zero-order valence-corrected chi connectivity index (χ0v) is 17.6. The summed E-state index contributed by atoms with van der Waals surface area (Å²) < 4.78 is 5.88. The van der Waals surface area contributed by atoms with Crippen LogP contribution in [0, 0.1) is 4.77 Å². The van der Waals surface area contributed by atoms with Gasteiger partial charge in [0.25, 0.3) is 5.91 Å². The van der Waals surface area contributed by atoms with E-state index in [1.54, 1.807) is 18.2 Å². The van der Waals surface area contributed by atoms with E-state index < -0.39 is 5.54 Å². The van der Waals surface area contributed by atoms with Crippen LogP contribution in [0.5, 0.6) is 5.75 Å². The Morgan fingerprint density at radius 2 is 1.78 bits per heavy atom. The Morgan fingerprint density at radius 1 is 1.00 bits per heavy atom. The molecule has 3 aliphatic rings. The normalized spacial score (nSPS) is 21.5. The number of ether oxygens (including phenoxy) is 1. The van der Waals surface area contributed by atoms with Crippen LogP contribution in [-0.4, -0.2) is 41.1 Å². The van der Waals surface area contributed by atoms with Gasteiger partial charge in [-0.25, -0.2) is 0 Å². The van der Waals surface area contributed by atoms with Gasteiger partial charge in [0, 0.05) is 34.6 Å². The number of hydrogen-bond acceptors (Lipinski definition) is 6. The molecule has 158 valence electrons. The smallest absolute Gasteiger partial charge is 0.259 e. The fourth-order valence-electron chi connectivity index (χ4n) is 4.96. The number of aromatic amines is 2. The Kier molecular flexibility index (Phi) is 3.68. The number of anilines is 2. The van der Waals surface area contributed by atoms with Crippen molar-refractivity contribution in [3.8, 4) is 5.75 Å². The average molecular weight is 444 g/mol. The lowest BCUT2D eigenvalue weighted by atomic mass is 9.78. The van der Waals surface area contributed by atoms with Crippen LogP contribution in [0.3, 0.4) is 0 Å². The van der Waals surface area contributed by atoms with Crippen molar-refractivity contribution in [3.63, 3.8) is 0 Å². The summed E-state index contributed by atoms with van der Waals surface area (Å²) in [5.74, 6) is -0.462. The van der Waals surface area contributed by atoms with E-state index in [4.69, 9.17) is 17.0 Å². The SMILES string of the molecule is COc1ccc2c(c1)C1(C(=O)N2)C2=C(CN1c1ccc3[nH]c(=S)[nH]c3c1)C(=O)C=CC2=O. The molecular weight excluding hydrogens is 428 g/mol. The molecule has 9 heteroatoms. The van der Waals surface area contributed by atoms with Crippen molar-refractivity contribution in [1.29, 1.82) is 0 Å². The van der Waals surface area contributed by atoms with Crippen LogP contribution in [-0.2, 0) is 19.9 Å². The van der Waals surface area contributed by atoms with Crippen LogP contribution in [0.15, 0.2) is 59.7 Å². The van der Waals surface area contributed by atoms with Gasteiger partial charge in [0.2, 0.25) is 0 Å². The molecule has 1 aromatic heterocycles. The predicted octanol–water partition coefficient (Wildman–Crippen LogP) is 2.91. The van der Waals surface area contributed by atoms with Crippen LogP contribution in [0.1, 0.15) is 5.56 Å². The monoisotopic (exact) mass is 444 g/mol. The first-order chi connectivity index (χ1) is 15.4. The van der Waals surface area contributed by atoms with Gasteiger partial charge in [0.05, 0.1) is 18.1 Å². The fourth-order valence-corrected chi connectivity index (χ4v) is 5.18. The highest BCUT2D eigenvalue weighted by Gasteiger charge is 2.61. The minimum atomic E-state index is -1.49. The number of amides is 1. The quantitative estimate of drug-likeness (QED) is 0.415. The van der Waals surface area contributed by atoms with Gasteiger partial charge in [-0.15, -0.1) is 0 Å². The lowest BCUT2D eigenvalue weighted by Gasteiger charge is -2.37. The molecule has 0 saturated heterocycles. The van der Waals surface area contributed by atoms with E-state index in [2.05, 4.69) is 15.3 Å². The summed E-state index contributed by atoms with van der Waals surface area (Å²) in [5.41, 5.74) is 2.42. The Hall–Kier alpha value is -3.98. The van der Waals surface area contributed by atoms with Crippen LogP contribution < -0.4 is 15.0 Å². The Labute approximate surface area is 186 Å². The van der Waals surface area contributed by atoms with E-state index in [9.17, 15) is 14.4 Å². The summed E-state index contributed by atoms with van der Waals surface area (Å²) in [6, 6.07) is 10.8. The molecule has 0 saturated carbocycles. The van der Waals surface area contributed by atoms with Crippen molar-refractivity contribution in [1.82, 2.24) is 9.97 Å². The number of H-pyrrole nitrogens is 2. The highest BCUT2D eigenvalue weighted by atomic mass is 32.1. The number of aromatic nitrogens is 2. The fraction of sp³-hybridized carbons (Fsp3) is 0.130. The van der Waals surface area contributed by atoms with E-state index in [0.717, 1.165) is 11.0 Å². The zero-order valence-electron chi connectivity index (χ0n) is 16.8. The third-order valence-corrected chi connectivity index (χ3v) is 6.52. The Morgan fingerprint density at radius 3 is 2.59 bits per heavy atom. The molecule has 1 unspecified atom stereocenters. The maximum absolute atomic E-state index is 13.7. The van der Waals surface area contributed by atoms with E-state index >= 15 is 0 Å². The van der Waals surface area contributed by atoms with Crippen molar-refractivity contribution >= 4 is 52.1 Å². The number of rotatable bonds is 2. The van der Waals surface area contributed by atoms with Crippen molar-refractivity contribution in [2.45, 2.75) is 5.54 Å². The first kappa shape index (κ1) is 18.8. The number of fused-ring (bicyclic) bond motifs is 4. The third kappa shape index (κ3) is 2.25. The molecule has 6 rings (SSSR count). The molecule has 3 N–H and O–H groups in total. The second-order valence-corrected chi connectivity index (χ2v) is 8.29. The van der Waals surface area contributed by atoms with E-state index in [1.807, 2.05) is 23.1 Å². The number of carbonyl (C=O) groups excluding carboxylic acids is 3. The van der Waals surface area contributed by atoms with E-state index in [0.29, 0.717) is 33.0 Å². The lowest BCUT2D eigenvalue weighted by molar-refractivity contribution is -0.121. The molecule has 1 atom stereocenters. The number of benzene rings is 2. The summed E-state index contributed by atoms with van der Waals surface area (Å²) in [6.07, 6.45) is 2.51. The van der Waals surface area contributed by atoms with Gasteiger partial charge in [-0.05, 0) is 60.8 Å². The number of hydrogen-bond donors (Lipinski definition) is 3. The zero-order chi connectivity index (χ0) is 22.2. The van der Waals surface area contributed by atoms with Crippen molar-refractivity contribution in [2.75, 3.05) is 23.9 Å². The van der Waals surface area contributed by atoms with Gasteiger partial charge in [-0.2, -0.15) is 0 Å². The molecule has 1 amide bonds. The average Bonchev–Trinajstić information content (AvgIpc) is 3.42. The predicted molar refractivity (Wildman–Crippen MR) is 120 cm³/mol. The van der Waals surface area contributed by atoms with Crippen molar-refractivity contribution in [3.05, 3.63) is 70.0 Å². The second-order valence-electron chi connectivity index (χ2n) is 7.89. The highest BCUT2D eigenvalue weighted by Crippen LogP contribution is 2.53. The Bertz CT molecular complexity index is 1510. The summed E-state index contributed by atoms with van der Waals surface area (Å²) in [6.45, 7) is 0.116. The van der Waals surface area contributed by atoms with E-state index in [-0.39, 0.29) is 29.6 Å². The number of nitrogens with one attached hydrogen (secondary N) is 3. The number of ketones is 2. The molecule has 2 aliphatic heterocycles. The summed E-state index contributed by atoms with van der Waals surface area (Å²) >= 11 is 5.20. The van der Waals surface area contributed by atoms with E-state index in [1.165, 1.54) is 19.3 Å². The van der Waals surface area contributed by atoms with Gasteiger partial charge in [0.1, 0.15) is 5.75 Å². The van der Waals surface area contributed by atoms with Crippen LogP contribution in [0.2, 0.25) is 0 Å². The number of allylic oxidation sites excluding steroid dienone is 2. The Balaban J connectivity index is 1.66. The first-order valence-corrected chi connectivity index (χ1v) is 10.3. The first-order valence-electron chi connectivity index (χ1n) is 9.93. The third-order valence-electron chi connectivity index (χ3n) is 6.32. The molecule has 3 heterocycles. The number of nitrogens with zero attached hydrogens (tertiary/aromatic N) is 1. The van der Waals surface area contributed by atoms with Crippen molar-refractivity contribution < 1.29 is 19.1 Å². The molecule has 1 aliphatic carbocycles. The largest absolute Gasteiger partial charge is 0.497 e. The second kappa shape index (κ2) is 6.27. The molecule has 8 nitrogen and oxygen atoms in total. The molecule has 2 aromatic carbocycles. The van der Waals surface area contributed by atoms with Crippen LogP contribution in [0.4, 0.5) is 11.4 Å². The lowest BCUT2D eigenvalue weighted by Crippen LogP contribution is -2.50. The van der Waals surface area contributed by atoms with Crippen molar-refractivity contribution in [2.24, 2.45) is 0 Å². The molecule has 0 radical (unpaired) electrons. The standard InChI is InChI=1S/C23H16N4O4S/c1-31-12-3-5-15-14(9-12)23(21(30)24-15)20-13(18(28)6-7-19(20)29)10-27(23)11-2-4-16-17(8-11)26-22(32)25-16/h2-9H,10H2,1H3,(H,24,30)(H2,25,26,32). The maximum atomic E-state index is 13.7.